The Labute approximate surface area is 226 Å². The van der Waals surface area contributed by atoms with Crippen molar-refractivity contribution in [3.8, 4) is 5.75 Å². The maximum atomic E-state index is 12.7. The molecule has 0 aliphatic carbocycles. The number of carbonyl (C=O) groups is 4. The Morgan fingerprint density at radius 2 is 1.63 bits per heavy atom. The summed E-state index contributed by atoms with van der Waals surface area (Å²) in [6.45, 7) is 4.98. The molecule has 2 rings (SSSR count). The molecular formula is C27H35N3O7S. The van der Waals surface area contributed by atoms with Crippen LogP contribution in [0.1, 0.15) is 44.4 Å². The van der Waals surface area contributed by atoms with Gasteiger partial charge in [0, 0.05) is 17.9 Å². The monoisotopic (exact) mass is 545 g/mol. The Morgan fingerprint density at radius 1 is 0.974 bits per heavy atom. The molecule has 0 aromatic heterocycles. The number of aromatic hydroxyl groups is 1. The summed E-state index contributed by atoms with van der Waals surface area (Å²) < 4.78 is 9.81. The number of esters is 1. The molecule has 0 aliphatic heterocycles. The van der Waals surface area contributed by atoms with Crippen LogP contribution in [0.25, 0.3) is 0 Å². The molecule has 0 saturated heterocycles. The number of ether oxygens (including phenoxy) is 2. The van der Waals surface area contributed by atoms with E-state index >= 15 is 0 Å². The normalized spacial score (nSPS) is 12.5. The molecule has 0 fully saturated rings. The molecule has 2 atom stereocenters. The first-order valence-corrected chi connectivity index (χ1v) is 13.0. The van der Waals surface area contributed by atoms with Gasteiger partial charge in [-0.05, 0) is 57.0 Å². The standard InChI is InChI=1S/C27H35N3O7S/c1-27(2,3)37-26(35)30-21(14-15-24(33)36-4)25(34)29-17-23(32)28-16-22(18-10-12-19(31)13-11-18)38-20-8-6-5-7-9-20/h5-13,21-22,31H,14-17H2,1-4H3,(H,28,32)(H,29,34)(H,30,35)/t21-,22?/m0/s1. The lowest BCUT2D eigenvalue weighted by atomic mass is 10.1. The molecule has 2 aromatic carbocycles. The number of phenolic OH excluding ortho intramolecular Hbond substituents is 1. The van der Waals surface area contributed by atoms with Gasteiger partial charge in [0.1, 0.15) is 17.4 Å². The predicted octanol–water partition coefficient (Wildman–Crippen LogP) is 3.30. The molecular weight excluding hydrogens is 510 g/mol. The van der Waals surface area contributed by atoms with Crippen LogP contribution in [0.15, 0.2) is 59.5 Å². The van der Waals surface area contributed by atoms with Gasteiger partial charge in [-0.1, -0.05) is 30.3 Å². The molecule has 0 saturated carbocycles. The van der Waals surface area contributed by atoms with E-state index < -0.39 is 35.5 Å². The van der Waals surface area contributed by atoms with Gasteiger partial charge in [0.15, 0.2) is 0 Å². The fourth-order valence-corrected chi connectivity index (χ4v) is 4.33. The van der Waals surface area contributed by atoms with Gasteiger partial charge in [-0.3, -0.25) is 14.4 Å². The number of phenols is 1. The fraction of sp³-hybridized carbons (Fsp3) is 0.407. The highest BCUT2D eigenvalue weighted by molar-refractivity contribution is 7.99. The van der Waals surface area contributed by atoms with E-state index in [0.717, 1.165) is 10.5 Å². The SMILES string of the molecule is COC(=O)CC[C@H](NC(=O)OC(C)(C)C)C(=O)NCC(=O)NCC(Sc1ccccc1)c1ccc(O)cc1. The number of rotatable bonds is 12. The van der Waals surface area contributed by atoms with Gasteiger partial charge >= 0.3 is 12.1 Å². The topological polar surface area (TPSA) is 143 Å². The predicted molar refractivity (Wildman–Crippen MR) is 144 cm³/mol. The molecule has 0 radical (unpaired) electrons. The van der Waals surface area contributed by atoms with Gasteiger partial charge in [0.2, 0.25) is 11.8 Å². The number of hydrogen-bond acceptors (Lipinski definition) is 8. The smallest absolute Gasteiger partial charge is 0.408 e. The average Bonchev–Trinajstić information content (AvgIpc) is 2.87. The Bertz CT molecular complexity index is 1070. The van der Waals surface area contributed by atoms with Gasteiger partial charge < -0.3 is 30.5 Å². The molecule has 10 nitrogen and oxygen atoms in total. The van der Waals surface area contributed by atoms with Crippen LogP contribution < -0.4 is 16.0 Å². The van der Waals surface area contributed by atoms with Crippen LogP contribution in [0.4, 0.5) is 4.79 Å². The second-order valence-corrected chi connectivity index (χ2v) is 10.6. The van der Waals surface area contributed by atoms with E-state index in [-0.39, 0.29) is 36.9 Å². The van der Waals surface area contributed by atoms with Crippen molar-refractivity contribution >= 4 is 35.6 Å². The van der Waals surface area contributed by atoms with Crippen molar-refractivity contribution in [3.05, 3.63) is 60.2 Å². The van der Waals surface area contributed by atoms with Gasteiger partial charge in [0.25, 0.3) is 0 Å². The highest BCUT2D eigenvalue weighted by atomic mass is 32.2. The summed E-state index contributed by atoms with van der Waals surface area (Å²) >= 11 is 1.55. The third-order valence-corrected chi connectivity index (χ3v) is 6.33. The zero-order chi connectivity index (χ0) is 28.1. The highest BCUT2D eigenvalue weighted by Gasteiger charge is 2.25. The minimum Gasteiger partial charge on any atom is -0.508 e. The van der Waals surface area contributed by atoms with Crippen molar-refractivity contribution in [2.75, 3.05) is 20.2 Å². The summed E-state index contributed by atoms with van der Waals surface area (Å²) in [7, 11) is 1.23. The number of hydrogen-bond donors (Lipinski definition) is 4. The second kappa shape index (κ2) is 14.9. The summed E-state index contributed by atoms with van der Waals surface area (Å²) in [5.41, 5.74) is 0.129. The van der Waals surface area contributed by atoms with E-state index in [4.69, 9.17) is 4.74 Å². The molecule has 1 unspecified atom stereocenters. The van der Waals surface area contributed by atoms with Crippen molar-refractivity contribution in [3.63, 3.8) is 0 Å². The van der Waals surface area contributed by atoms with E-state index in [1.54, 1.807) is 56.8 Å². The van der Waals surface area contributed by atoms with Gasteiger partial charge in [-0.2, -0.15) is 0 Å². The first-order chi connectivity index (χ1) is 18.0. The van der Waals surface area contributed by atoms with Crippen molar-refractivity contribution in [1.82, 2.24) is 16.0 Å². The molecule has 0 bridgehead atoms. The van der Waals surface area contributed by atoms with Crippen LogP contribution in [0.2, 0.25) is 0 Å². The molecule has 4 N–H and O–H groups in total. The number of nitrogens with one attached hydrogen (secondary N) is 3. The molecule has 206 valence electrons. The summed E-state index contributed by atoms with van der Waals surface area (Å²) in [5, 5.41) is 17.2. The number of alkyl carbamates (subject to hydrolysis) is 1. The summed E-state index contributed by atoms with van der Waals surface area (Å²) in [5.74, 6) is -1.46. The molecule has 0 aliphatic rings. The highest BCUT2D eigenvalue weighted by Crippen LogP contribution is 2.35. The molecule has 2 aromatic rings. The lowest BCUT2D eigenvalue weighted by Gasteiger charge is -2.23. The molecule has 0 spiro atoms. The third kappa shape index (κ3) is 11.5. The van der Waals surface area contributed by atoms with Crippen molar-refractivity contribution < 1.29 is 33.8 Å². The lowest BCUT2D eigenvalue weighted by Crippen LogP contribution is -2.50. The zero-order valence-electron chi connectivity index (χ0n) is 22.0. The zero-order valence-corrected chi connectivity index (χ0v) is 22.8. The van der Waals surface area contributed by atoms with Crippen LogP contribution in [0, 0.1) is 0 Å². The van der Waals surface area contributed by atoms with Gasteiger partial charge in [-0.15, -0.1) is 11.8 Å². The number of benzene rings is 2. The van der Waals surface area contributed by atoms with E-state index in [1.807, 2.05) is 30.3 Å². The Balaban J connectivity index is 1.97. The molecule has 0 heterocycles. The van der Waals surface area contributed by atoms with Crippen LogP contribution in [-0.2, 0) is 23.9 Å². The first-order valence-electron chi connectivity index (χ1n) is 12.1. The first kappa shape index (κ1) is 30.5. The molecule has 3 amide bonds. The molecule has 38 heavy (non-hydrogen) atoms. The Hall–Kier alpha value is -3.73. The number of thioether (sulfide) groups is 1. The maximum absolute atomic E-state index is 12.7. The minimum atomic E-state index is -1.10. The maximum Gasteiger partial charge on any atom is 0.408 e. The summed E-state index contributed by atoms with van der Waals surface area (Å²) in [4.78, 5) is 50.1. The van der Waals surface area contributed by atoms with Gasteiger partial charge in [0.05, 0.1) is 18.9 Å². The quantitative estimate of drug-likeness (QED) is 0.235. The van der Waals surface area contributed by atoms with Crippen molar-refractivity contribution in [2.45, 2.75) is 55.4 Å². The molecule has 11 heteroatoms. The fourth-order valence-electron chi connectivity index (χ4n) is 3.22. The van der Waals surface area contributed by atoms with E-state index in [2.05, 4.69) is 20.7 Å². The Morgan fingerprint density at radius 3 is 2.24 bits per heavy atom. The van der Waals surface area contributed by atoms with E-state index in [0.29, 0.717) is 0 Å². The Kier molecular flexibility index (Phi) is 11.9. The summed E-state index contributed by atoms with van der Waals surface area (Å²) in [6.07, 6.45) is -0.959. The third-order valence-electron chi connectivity index (χ3n) is 5.07. The average molecular weight is 546 g/mol. The van der Waals surface area contributed by atoms with Crippen LogP contribution in [-0.4, -0.2) is 60.8 Å². The number of methoxy groups -OCH3 is 1. The van der Waals surface area contributed by atoms with E-state index in [1.165, 1.54) is 7.11 Å². The largest absolute Gasteiger partial charge is 0.508 e. The van der Waals surface area contributed by atoms with Crippen molar-refractivity contribution in [2.24, 2.45) is 0 Å². The number of carbonyl (C=O) groups excluding carboxylic acids is 4. The van der Waals surface area contributed by atoms with Crippen molar-refractivity contribution in [1.29, 1.82) is 0 Å². The van der Waals surface area contributed by atoms with Crippen LogP contribution in [0.5, 0.6) is 5.75 Å². The van der Waals surface area contributed by atoms with E-state index in [9.17, 15) is 24.3 Å². The van der Waals surface area contributed by atoms with Crippen LogP contribution >= 0.6 is 11.8 Å². The summed E-state index contributed by atoms with van der Waals surface area (Å²) in [6, 6.07) is 15.3. The number of amides is 3. The second-order valence-electron chi connectivity index (χ2n) is 9.35. The van der Waals surface area contributed by atoms with Crippen LogP contribution in [0.3, 0.4) is 0 Å². The minimum absolute atomic E-state index is 0.0317. The lowest BCUT2D eigenvalue weighted by molar-refractivity contribution is -0.141. The van der Waals surface area contributed by atoms with Gasteiger partial charge in [-0.25, -0.2) is 4.79 Å².